The molecule has 0 radical (unpaired) electrons. The third-order valence-electron chi connectivity index (χ3n) is 2.68. The van der Waals surface area contributed by atoms with Crippen LogP contribution in [0, 0.1) is 11.6 Å². The van der Waals surface area contributed by atoms with Gasteiger partial charge in [-0.1, -0.05) is 34.5 Å². The van der Waals surface area contributed by atoms with Gasteiger partial charge in [0.2, 0.25) is 0 Å². The molecule has 0 bridgehead atoms. The number of nitrogens with one attached hydrogen (secondary N) is 1. The van der Waals surface area contributed by atoms with Crippen molar-refractivity contribution >= 4 is 33.4 Å². The van der Waals surface area contributed by atoms with Gasteiger partial charge in [-0.25, -0.2) is 8.78 Å². The lowest BCUT2D eigenvalue weighted by Crippen LogP contribution is -2.49. The van der Waals surface area contributed by atoms with Gasteiger partial charge in [0, 0.05) is 10.4 Å². The zero-order valence-electron chi connectivity index (χ0n) is 10.2. The van der Waals surface area contributed by atoms with Gasteiger partial charge in [-0.3, -0.25) is 4.79 Å². The molecule has 0 heterocycles. The molecule has 0 aliphatic heterocycles. The normalized spacial score (nSPS) is 13.3. The number of alkyl halides is 1. The number of carbonyl (C=O) groups excluding carboxylic acids is 1. The number of carbonyl (C=O) groups is 1. The van der Waals surface area contributed by atoms with E-state index in [1.165, 1.54) is 0 Å². The largest absolute Gasteiger partial charge is 0.346 e. The first-order valence-corrected chi connectivity index (χ1v) is 6.55. The molecule has 100 valence electrons. The summed E-state index contributed by atoms with van der Waals surface area (Å²) in [4.78, 5) is 11.8. The summed E-state index contributed by atoms with van der Waals surface area (Å²) in [5.74, 6) is -2.36. The molecule has 0 saturated carbocycles. The zero-order valence-corrected chi connectivity index (χ0v) is 12.5. The molecule has 0 aromatic heterocycles. The van der Waals surface area contributed by atoms with Gasteiger partial charge in [0.1, 0.15) is 11.6 Å². The van der Waals surface area contributed by atoms with Crippen LogP contribution in [0.2, 0.25) is 5.02 Å². The zero-order chi connectivity index (χ0) is 14.1. The van der Waals surface area contributed by atoms with Crippen molar-refractivity contribution in [2.75, 3.05) is 0 Å². The van der Waals surface area contributed by atoms with Crippen LogP contribution >= 0.6 is 27.5 Å². The van der Waals surface area contributed by atoms with Crippen LogP contribution in [0.5, 0.6) is 0 Å². The predicted molar refractivity (Wildman–Crippen MR) is 71.3 cm³/mol. The van der Waals surface area contributed by atoms with Gasteiger partial charge in [-0.15, -0.1) is 0 Å². The van der Waals surface area contributed by atoms with Crippen LogP contribution in [0.4, 0.5) is 8.78 Å². The molecule has 0 aliphatic carbocycles. The lowest BCUT2D eigenvalue weighted by atomic mass is 10.0. The van der Waals surface area contributed by atoms with Gasteiger partial charge in [-0.05, 0) is 26.0 Å². The lowest BCUT2D eigenvalue weighted by Gasteiger charge is -2.29. The maximum absolute atomic E-state index is 13.5. The van der Waals surface area contributed by atoms with E-state index in [2.05, 4.69) is 21.2 Å². The molecule has 0 aliphatic rings. The van der Waals surface area contributed by atoms with E-state index >= 15 is 0 Å². The molecule has 1 atom stereocenters. The first kappa shape index (κ1) is 15.4. The minimum atomic E-state index is -0.850. The van der Waals surface area contributed by atoms with Crippen molar-refractivity contribution in [1.29, 1.82) is 0 Å². The molecular weight excluding hydrogens is 327 g/mol. The van der Waals surface area contributed by atoms with Gasteiger partial charge >= 0.3 is 0 Å². The molecule has 18 heavy (non-hydrogen) atoms. The summed E-state index contributed by atoms with van der Waals surface area (Å²) >= 11 is 8.76. The van der Waals surface area contributed by atoms with E-state index in [1.54, 1.807) is 13.8 Å². The standard InChI is InChI=1S/C12H13BrClF2NO/c1-6(13)12(2,3)17-11(18)7-4-10(16)8(14)5-9(7)15/h4-6H,1-3H3,(H,17,18). The Morgan fingerprint density at radius 3 is 2.44 bits per heavy atom. The first-order valence-electron chi connectivity index (χ1n) is 5.26. The molecule has 0 fully saturated rings. The van der Waals surface area contributed by atoms with E-state index in [4.69, 9.17) is 11.6 Å². The molecular formula is C12H13BrClF2NO. The number of benzene rings is 1. The third-order valence-corrected chi connectivity index (χ3v) is 4.12. The third kappa shape index (κ3) is 3.42. The Bertz CT molecular complexity index is 477. The molecule has 6 heteroatoms. The topological polar surface area (TPSA) is 29.1 Å². The fraction of sp³-hybridized carbons (Fsp3) is 0.417. The van der Waals surface area contributed by atoms with Crippen LogP contribution in [-0.2, 0) is 0 Å². The van der Waals surface area contributed by atoms with Gasteiger partial charge in [0.25, 0.3) is 5.91 Å². The molecule has 0 spiro atoms. The Morgan fingerprint density at radius 2 is 1.94 bits per heavy atom. The van der Waals surface area contributed by atoms with Gasteiger partial charge in [-0.2, -0.15) is 0 Å². The molecule has 1 aromatic rings. The Kier molecular flexibility index (Phi) is 4.72. The smallest absolute Gasteiger partial charge is 0.254 e. The molecule has 1 N–H and O–H groups in total. The summed E-state index contributed by atoms with van der Waals surface area (Å²) < 4.78 is 26.8. The molecule has 2 nitrogen and oxygen atoms in total. The SMILES string of the molecule is CC(Br)C(C)(C)NC(=O)c1cc(F)c(Cl)cc1F. The van der Waals surface area contributed by atoms with Crippen molar-refractivity contribution in [2.45, 2.75) is 31.1 Å². The maximum Gasteiger partial charge on any atom is 0.254 e. The first-order chi connectivity index (χ1) is 8.15. The molecule has 1 aromatic carbocycles. The lowest BCUT2D eigenvalue weighted by molar-refractivity contribution is 0.0909. The van der Waals surface area contributed by atoms with Crippen molar-refractivity contribution < 1.29 is 13.6 Å². The van der Waals surface area contributed by atoms with Crippen molar-refractivity contribution in [1.82, 2.24) is 5.32 Å². The molecule has 1 rings (SSSR count). The highest BCUT2D eigenvalue weighted by Gasteiger charge is 2.27. The van der Waals surface area contributed by atoms with E-state index in [9.17, 15) is 13.6 Å². The molecule has 1 amide bonds. The number of amides is 1. The Labute approximate surface area is 118 Å². The van der Waals surface area contributed by atoms with Crippen LogP contribution in [0.3, 0.4) is 0 Å². The molecule has 1 unspecified atom stereocenters. The summed E-state index contributed by atoms with van der Waals surface area (Å²) in [5.41, 5.74) is -0.960. The van der Waals surface area contributed by atoms with Crippen molar-refractivity contribution in [2.24, 2.45) is 0 Å². The van der Waals surface area contributed by atoms with Crippen LogP contribution in [0.1, 0.15) is 31.1 Å². The number of hydrogen-bond acceptors (Lipinski definition) is 1. The van der Waals surface area contributed by atoms with Gasteiger partial charge in [0.15, 0.2) is 0 Å². The second kappa shape index (κ2) is 5.53. The Hall–Kier alpha value is -0.680. The summed E-state index contributed by atoms with van der Waals surface area (Å²) in [6.45, 7) is 5.39. The average molecular weight is 341 g/mol. The Morgan fingerprint density at radius 1 is 1.39 bits per heavy atom. The molecule has 0 saturated heterocycles. The number of hydrogen-bond donors (Lipinski definition) is 1. The highest BCUT2D eigenvalue weighted by atomic mass is 79.9. The number of halogens is 4. The van der Waals surface area contributed by atoms with E-state index in [1.807, 2.05) is 6.92 Å². The van der Waals surface area contributed by atoms with Gasteiger partial charge in [0.05, 0.1) is 10.6 Å². The monoisotopic (exact) mass is 339 g/mol. The highest BCUT2D eigenvalue weighted by Crippen LogP contribution is 2.21. The maximum atomic E-state index is 13.5. The fourth-order valence-electron chi connectivity index (χ4n) is 1.16. The van der Waals surface area contributed by atoms with Crippen LogP contribution in [0.25, 0.3) is 0 Å². The highest BCUT2D eigenvalue weighted by molar-refractivity contribution is 9.09. The predicted octanol–water partition coefficient (Wildman–Crippen LogP) is 3.91. The summed E-state index contributed by atoms with van der Waals surface area (Å²) in [7, 11) is 0. The average Bonchev–Trinajstić information content (AvgIpc) is 2.22. The van der Waals surface area contributed by atoms with E-state index in [-0.39, 0.29) is 15.4 Å². The van der Waals surface area contributed by atoms with Crippen molar-refractivity contribution in [3.63, 3.8) is 0 Å². The van der Waals surface area contributed by atoms with Crippen LogP contribution < -0.4 is 5.32 Å². The van der Waals surface area contributed by atoms with Crippen LogP contribution in [0.15, 0.2) is 12.1 Å². The van der Waals surface area contributed by atoms with E-state index in [0.717, 1.165) is 12.1 Å². The number of rotatable bonds is 3. The minimum Gasteiger partial charge on any atom is -0.346 e. The summed E-state index contributed by atoms with van der Waals surface area (Å²) in [6.07, 6.45) is 0. The summed E-state index contributed by atoms with van der Waals surface area (Å²) in [6, 6.07) is 1.58. The summed E-state index contributed by atoms with van der Waals surface area (Å²) in [5, 5.41) is 2.27. The van der Waals surface area contributed by atoms with E-state index < -0.39 is 23.1 Å². The van der Waals surface area contributed by atoms with Crippen molar-refractivity contribution in [3.8, 4) is 0 Å². The Balaban J connectivity index is 3.02. The minimum absolute atomic E-state index is 0.0332. The van der Waals surface area contributed by atoms with Crippen LogP contribution in [-0.4, -0.2) is 16.3 Å². The second-order valence-corrected chi connectivity index (χ2v) is 6.32. The second-order valence-electron chi connectivity index (χ2n) is 4.54. The van der Waals surface area contributed by atoms with Gasteiger partial charge < -0.3 is 5.32 Å². The quantitative estimate of drug-likeness (QED) is 0.656. The van der Waals surface area contributed by atoms with Crippen molar-refractivity contribution in [3.05, 3.63) is 34.4 Å². The van der Waals surface area contributed by atoms with E-state index in [0.29, 0.717) is 0 Å². The fourth-order valence-corrected chi connectivity index (χ4v) is 1.42.